The topological polar surface area (TPSA) is 94.2 Å². The van der Waals surface area contributed by atoms with Gasteiger partial charge in [-0.25, -0.2) is 4.98 Å². The van der Waals surface area contributed by atoms with Crippen LogP contribution in [0.1, 0.15) is 16.7 Å². The molecular weight excluding hydrogens is 478 g/mol. The molecule has 0 amide bonds. The second-order valence-electron chi connectivity index (χ2n) is 9.23. The Morgan fingerprint density at radius 1 is 0.895 bits per heavy atom. The molecule has 38 heavy (non-hydrogen) atoms. The average molecular weight is 504 g/mol. The van der Waals surface area contributed by atoms with Gasteiger partial charge in [0.1, 0.15) is 24.5 Å². The number of hydrogen-bond acceptors (Lipinski definition) is 7. The lowest BCUT2D eigenvalue weighted by Crippen LogP contribution is -2.15. The van der Waals surface area contributed by atoms with Crippen molar-refractivity contribution < 1.29 is 14.2 Å². The third-order valence-corrected chi connectivity index (χ3v) is 6.49. The smallest absolute Gasteiger partial charge is 0.249 e. The van der Waals surface area contributed by atoms with Gasteiger partial charge in [0.15, 0.2) is 11.5 Å². The number of ether oxygens (including phenoxy) is 3. The third-order valence-electron chi connectivity index (χ3n) is 6.49. The number of benzene rings is 3. The first kappa shape index (κ1) is 23.4. The largest absolute Gasteiger partial charge is 0.486 e. The summed E-state index contributed by atoms with van der Waals surface area (Å²) in [5.41, 5.74) is 7.01. The average Bonchev–Trinajstić information content (AvgIpc) is 3.31. The summed E-state index contributed by atoms with van der Waals surface area (Å²) in [5.74, 6) is 3.15. The molecule has 1 aliphatic heterocycles. The Labute approximate surface area is 220 Å². The van der Waals surface area contributed by atoms with E-state index in [-0.39, 0.29) is 0 Å². The second kappa shape index (κ2) is 9.45. The van der Waals surface area contributed by atoms with Crippen LogP contribution in [0.5, 0.6) is 23.1 Å². The number of hydrogen-bond donors (Lipinski definition) is 1. The lowest BCUT2D eigenvalue weighted by atomic mass is 9.99. The van der Waals surface area contributed by atoms with Crippen LogP contribution < -0.4 is 19.5 Å². The Morgan fingerprint density at radius 2 is 1.63 bits per heavy atom. The molecule has 0 atom stereocenters. The summed E-state index contributed by atoms with van der Waals surface area (Å²) in [7, 11) is 1.94. The molecule has 6 rings (SSSR count). The zero-order chi connectivity index (χ0) is 26.2. The van der Waals surface area contributed by atoms with E-state index in [2.05, 4.69) is 28.5 Å². The molecule has 8 nitrogen and oxygen atoms in total. The summed E-state index contributed by atoms with van der Waals surface area (Å²) in [4.78, 5) is 9.38. The molecule has 0 saturated carbocycles. The highest BCUT2D eigenvalue weighted by Gasteiger charge is 2.18. The molecule has 0 aliphatic carbocycles. The molecule has 3 aromatic carbocycles. The van der Waals surface area contributed by atoms with Gasteiger partial charge in [0.25, 0.3) is 0 Å². The zero-order valence-electron chi connectivity index (χ0n) is 21.3. The number of fused-ring (bicyclic) bond motifs is 2. The van der Waals surface area contributed by atoms with Crippen molar-refractivity contribution in [2.45, 2.75) is 13.8 Å². The summed E-state index contributed by atoms with van der Waals surface area (Å²) in [6.45, 7) is 5.18. The second-order valence-corrected chi connectivity index (χ2v) is 9.23. The van der Waals surface area contributed by atoms with Crippen LogP contribution in [0.15, 0.2) is 66.9 Å². The number of aromatic nitrogens is 3. The van der Waals surface area contributed by atoms with Crippen molar-refractivity contribution in [3.63, 3.8) is 0 Å². The van der Waals surface area contributed by atoms with E-state index in [0.717, 1.165) is 56.2 Å². The van der Waals surface area contributed by atoms with E-state index < -0.39 is 0 Å². The maximum absolute atomic E-state index is 9.06. The molecular formula is C30H25N5O3. The van der Waals surface area contributed by atoms with Crippen molar-refractivity contribution >= 4 is 22.7 Å². The lowest BCUT2D eigenvalue weighted by Gasteiger charge is -2.19. The molecule has 8 heteroatoms. The van der Waals surface area contributed by atoms with Crippen molar-refractivity contribution in [1.29, 1.82) is 5.26 Å². The summed E-state index contributed by atoms with van der Waals surface area (Å²) in [5, 5.41) is 12.3. The van der Waals surface area contributed by atoms with Crippen LogP contribution in [0, 0.1) is 25.2 Å². The predicted octanol–water partition coefficient (Wildman–Crippen LogP) is 6.43. The van der Waals surface area contributed by atoms with Gasteiger partial charge in [-0.1, -0.05) is 6.07 Å². The molecule has 3 heterocycles. The fraction of sp³-hybridized carbons (Fsp3) is 0.167. The molecule has 0 radical (unpaired) electrons. The molecule has 188 valence electrons. The summed E-state index contributed by atoms with van der Waals surface area (Å²) >= 11 is 0. The molecule has 0 bridgehead atoms. The Balaban J connectivity index is 1.35. The number of nitrogens with zero attached hydrogens (tertiary/aromatic N) is 4. The number of rotatable bonds is 5. The van der Waals surface area contributed by atoms with E-state index in [0.29, 0.717) is 30.6 Å². The van der Waals surface area contributed by atoms with Gasteiger partial charge in [0.2, 0.25) is 11.8 Å². The van der Waals surface area contributed by atoms with E-state index in [4.69, 9.17) is 24.5 Å². The van der Waals surface area contributed by atoms with Crippen LogP contribution in [-0.4, -0.2) is 27.7 Å². The van der Waals surface area contributed by atoms with E-state index in [1.54, 1.807) is 12.1 Å². The molecule has 0 unspecified atom stereocenters. The first-order valence-electron chi connectivity index (χ1n) is 12.3. The van der Waals surface area contributed by atoms with Gasteiger partial charge in [-0.15, -0.1) is 0 Å². The maximum Gasteiger partial charge on any atom is 0.249 e. The molecule has 5 aromatic rings. The summed E-state index contributed by atoms with van der Waals surface area (Å²) in [6, 6.07) is 21.4. The summed E-state index contributed by atoms with van der Waals surface area (Å²) in [6.07, 6.45) is 1.93. The molecule has 1 N–H and O–H groups in total. The molecule has 2 aromatic heterocycles. The number of anilines is 2. The number of nitrogens with one attached hydrogen (secondary N) is 1. The van der Waals surface area contributed by atoms with Gasteiger partial charge < -0.3 is 24.1 Å². The summed E-state index contributed by atoms with van der Waals surface area (Å²) < 4.78 is 19.9. The van der Waals surface area contributed by atoms with Gasteiger partial charge in [-0.2, -0.15) is 10.2 Å². The van der Waals surface area contributed by atoms with Gasteiger partial charge in [-0.05, 0) is 90.7 Å². The van der Waals surface area contributed by atoms with E-state index in [9.17, 15) is 0 Å². The highest BCUT2D eigenvalue weighted by molar-refractivity contribution is 5.83. The van der Waals surface area contributed by atoms with Crippen LogP contribution in [0.2, 0.25) is 0 Å². The number of aryl methyl sites for hydroxylation is 3. The minimum absolute atomic E-state index is 0.409. The lowest BCUT2D eigenvalue weighted by molar-refractivity contribution is 0.171. The van der Waals surface area contributed by atoms with Crippen LogP contribution in [-0.2, 0) is 7.05 Å². The monoisotopic (exact) mass is 503 g/mol. The fourth-order valence-electron chi connectivity index (χ4n) is 4.64. The zero-order valence-corrected chi connectivity index (χ0v) is 21.3. The maximum atomic E-state index is 9.06. The van der Waals surface area contributed by atoms with Crippen molar-refractivity contribution in [2.75, 3.05) is 18.5 Å². The standard InChI is InChI=1S/C30H25N5O3/c1-18-14-22(21-6-9-25-26(16-21)37-13-12-36-25)15-19(2)28(18)38-29-27-24(10-11-35(27)3)33-30(34-29)32-23-7-4-20(17-31)5-8-23/h4-11,14-16H,12-13H2,1-3H3,(H,32,33,34). The van der Waals surface area contributed by atoms with Crippen LogP contribution in [0.3, 0.4) is 0 Å². The van der Waals surface area contributed by atoms with Crippen LogP contribution in [0.25, 0.3) is 22.2 Å². The minimum Gasteiger partial charge on any atom is -0.486 e. The normalized spacial score (nSPS) is 12.3. The van der Waals surface area contributed by atoms with E-state index >= 15 is 0 Å². The predicted molar refractivity (Wildman–Crippen MR) is 145 cm³/mol. The fourth-order valence-corrected chi connectivity index (χ4v) is 4.64. The van der Waals surface area contributed by atoms with Crippen molar-refractivity contribution in [2.24, 2.45) is 7.05 Å². The molecule has 0 fully saturated rings. The van der Waals surface area contributed by atoms with Gasteiger partial charge in [0, 0.05) is 18.9 Å². The Bertz CT molecular complexity index is 1690. The Hall–Kier alpha value is -5.03. The van der Waals surface area contributed by atoms with Crippen molar-refractivity contribution in [1.82, 2.24) is 14.5 Å². The van der Waals surface area contributed by atoms with Crippen molar-refractivity contribution in [3.8, 4) is 40.3 Å². The number of nitriles is 1. The molecule has 1 aliphatic rings. The SMILES string of the molecule is Cc1cc(-c2ccc3c(c2)OCCO3)cc(C)c1Oc1nc(Nc2ccc(C#N)cc2)nc2ccn(C)c12. The van der Waals surface area contributed by atoms with Crippen LogP contribution in [0.4, 0.5) is 11.6 Å². The van der Waals surface area contributed by atoms with Gasteiger partial charge in [-0.3, -0.25) is 0 Å². The van der Waals surface area contributed by atoms with Gasteiger partial charge in [0.05, 0.1) is 17.1 Å². The molecule has 0 saturated heterocycles. The highest BCUT2D eigenvalue weighted by Crippen LogP contribution is 2.38. The minimum atomic E-state index is 0.409. The first-order chi connectivity index (χ1) is 18.5. The quantitative estimate of drug-likeness (QED) is 0.295. The Morgan fingerprint density at radius 3 is 2.37 bits per heavy atom. The first-order valence-corrected chi connectivity index (χ1v) is 12.3. The molecule has 0 spiro atoms. The van der Waals surface area contributed by atoms with E-state index in [1.807, 2.05) is 68.1 Å². The van der Waals surface area contributed by atoms with Crippen molar-refractivity contribution in [3.05, 3.63) is 83.6 Å². The third kappa shape index (κ3) is 4.35. The van der Waals surface area contributed by atoms with E-state index in [1.165, 1.54) is 0 Å². The Kier molecular flexibility index (Phi) is 5.81. The van der Waals surface area contributed by atoms with Crippen LogP contribution >= 0.6 is 0 Å². The highest BCUT2D eigenvalue weighted by atomic mass is 16.6. The van der Waals surface area contributed by atoms with Gasteiger partial charge >= 0.3 is 0 Å².